The van der Waals surface area contributed by atoms with Gasteiger partial charge in [0.15, 0.2) is 0 Å². The first-order valence-electron chi connectivity index (χ1n) is 49.8. The van der Waals surface area contributed by atoms with Crippen LogP contribution in [0.15, 0.2) is 506 Å². The van der Waals surface area contributed by atoms with Gasteiger partial charge in [-0.15, -0.1) is 11.3 Å². The number of fused-ring (bicyclic) bond motifs is 47. The zero-order valence-electron chi connectivity index (χ0n) is 78.3. The highest BCUT2D eigenvalue weighted by atomic mass is 79.9. The molecule has 4 atom stereocenters. The Balaban J connectivity index is 0.0000000910. The van der Waals surface area contributed by atoms with E-state index in [2.05, 4.69) is 517 Å². The SMILES string of the molecule is Brc1ccc2sc3ccc(-c4ccc5c(c4)C4(c6ccccc6-5)c5ccccc5-c5cc6ccccc6cc54)cc3c2c1.Brc1cccc(-c2ccc(-c3ccc4c(c3)C3(c5ccccc5-4)c4ccccc4-c4cc5ccccc5cc43)cc2)c1.Clc1ccc2c(c1)C1(c3ccccc3-2)c2ccccc2-c2cc3ccccc3cc21.Clc1cccc2c1C1(c3ccccc3-c3cc4ccccc4cc31)c1ccccc1-2. The Morgan fingerprint density at radius 3 is 0.807 bits per heavy atom. The Morgan fingerprint density at radius 2 is 0.414 bits per heavy atom. The van der Waals surface area contributed by atoms with Crippen LogP contribution in [0.1, 0.15) is 89.0 Å². The summed E-state index contributed by atoms with van der Waals surface area (Å²) in [5, 5.41) is 14.5. The lowest BCUT2D eigenvalue weighted by Gasteiger charge is -2.31. The van der Waals surface area contributed by atoms with Crippen LogP contribution in [0.2, 0.25) is 10.0 Å². The Morgan fingerprint density at radius 1 is 0.159 bits per heavy atom. The monoisotopic (exact) mass is 2020 g/mol. The molecule has 0 nitrogen and oxygen atoms in total. The van der Waals surface area contributed by atoms with E-state index in [9.17, 15) is 0 Å². The van der Waals surface area contributed by atoms with Gasteiger partial charge in [-0.3, -0.25) is 0 Å². The van der Waals surface area contributed by atoms with Crippen LogP contribution < -0.4 is 0 Å². The Labute approximate surface area is 871 Å². The topological polar surface area (TPSA) is 0 Å². The largest absolute Gasteiger partial charge is 0.135 e. The molecular weight excluding hydrogens is 1940 g/mol. The second-order valence-electron chi connectivity index (χ2n) is 39.8. The molecule has 0 amide bonds. The van der Waals surface area contributed by atoms with Crippen molar-refractivity contribution in [2.24, 2.45) is 0 Å². The maximum absolute atomic E-state index is 6.98. The lowest BCUT2D eigenvalue weighted by molar-refractivity contribution is 0.795. The first-order valence-corrected chi connectivity index (χ1v) is 52.9. The molecule has 24 aromatic carbocycles. The minimum atomic E-state index is -0.375. The van der Waals surface area contributed by atoms with Crippen LogP contribution in [0.5, 0.6) is 0 Å². The predicted molar refractivity (Wildman–Crippen MR) is 616 cm³/mol. The third kappa shape index (κ3) is 12.0. The molecule has 0 radical (unpaired) electrons. The number of halogens is 4. The molecule has 0 bridgehead atoms. The van der Waals surface area contributed by atoms with E-state index in [0.717, 1.165) is 19.0 Å². The van der Waals surface area contributed by atoms with Gasteiger partial charge >= 0.3 is 0 Å². The van der Waals surface area contributed by atoms with Gasteiger partial charge in [0.1, 0.15) is 0 Å². The molecule has 0 N–H and O–H groups in total. The molecule has 0 saturated heterocycles. The fourth-order valence-corrected chi connectivity index (χ4v) is 29.4. The van der Waals surface area contributed by atoms with E-state index >= 15 is 0 Å². The molecule has 145 heavy (non-hydrogen) atoms. The van der Waals surface area contributed by atoms with Gasteiger partial charge in [0.2, 0.25) is 0 Å². The standard InChI is InChI=1S/C41H23BrS.C41H25Br.2C29H17Cl/c42-28-15-18-40-34(23-28)33-20-26(14-17-39(33)43-40)27-13-16-31-29-9-3-5-11-35(29)41(37(31)22-27)36-12-6-4-10-30(36)32-19-24-7-1-2-8-25(24)21-38(32)41;42-32-11-7-10-28(22-32)26-16-18-27(19-17-26)31-20-21-35-33-12-3-5-14-37(33)41(39(35)25-31)38-15-6-4-13-34(38)36-23-29-8-1-2-9-30(29)24-40(36)41;30-27-15-7-12-22-20-10-3-5-13-24(20)29(28(22)27)25-14-6-4-11-21(25)23-16-18-8-1-2-9-19(18)17-26(23)29;30-20-13-14-23-21-9-3-5-11-25(21)29(28(23)17-20)26-12-6-4-10-22(26)24-15-18-7-1-2-8-19(18)16-27(24)29/h1-23H;1-25H;2*1-17H. The van der Waals surface area contributed by atoms with Crippen molar-refractivity contribution in [2.45, 2.75) is 21.7 Å². The van der Waals surface area contributed by atoms with Crippen LogP contribution in [-0.4, -0.2) is 0 Å². The number of hydrogen-bond donors (Lipinski definition) is 0. The zero-order chi connectivity index (χ0) is 95.9. The highest BCUT2D eigenvalue weighted by molar-refractivity contribution is 9.10. The molecule has 8 aliphatic carbocycles. The third-order valence-electron chi connectivity index (χ3n) is 32.9. The van der Waals surface area contributed by atoms with Crippen molar-refractivity contribution in [3.05, 3.63) is 605 Å². The summed E-state index contributed by atoms with van der Waals surface area (Å²) in [5.74, 6) is 0. The van der Waals surface area contributed by atoms with E-state index in [1.54, 1.807) is 0 Å². The van der Waals surface area contributed by atoms with Crippen molar-refractivity contribution < 1.29 is 0 Å². The van der Waals surface area contributed by atoms with Crippen LogP contribution in [0.3, 0.4) is 0 Å². The summed E-state index contributed by atoms with van der Waals surface area (Å²) < 4.78 is 4.86. The van der Waals surface area contributed by atoms with Crippen molar-refractivity contribution in [1.82, 2.24) is 0 Å². The van der Waals surface area contributed by atoms with Crippen molar-refractivity contribution in [2.75, 3.05) is 0 Å². The fourth-order valence-electron chi connectivity index (χ4n) is 27.1. The molecule has 0 aliphatic heterocycles. The number of rotatable bonds is 3. The predicted octanol–water partition coefficient (Wildman–Crippen LogP) is 38.9. The molecule has 0 fully saturated rings. The highest BCUT2D eigenvalue weighted by Gasteiger charge is 2.57. The van der Waals surface area contributed by atoms with E-state index in [-0.39, 0.29) is 21.7 Å². The molecule has 0 saturated carbocycles. The van der Waals surface area contributed by atoms with Gasteiger partial charge in [-0.1, -0.05) is 431 Å². The van der Waals surface area contributed by atoms with Gasteiger partial charge in [-0.2, -0.15) is 0 Å². The molecule has 33 rings (SSSR count). The second-order valence-corrected chi connectivity index (χ2v) is 43.5. The van der Waals surface area contributed by atoms with Gasteiger partial charge in [0, 0.05) is 39.2 Å². The maximum atomic E-state index is 6.98. The molecule has 1 aromatic heterocycles. The molecule has 5 heteroatoms. The first-order chi connectivity index (χ1) is 71.5. The third-order valence-corrected chi connectivity index (χ3v) is 35.6. The zero-order valence-corrected chi connectivity index (χ0v) is 83.8. The van der Waals surface area contributed by atoms with E-state index in [1.165, 1.54) is 275 Å². The van der Waals surface area contributed by atoms with E-state index in [1.807, 2.05) is 23.5 Å². The summed E-state index contributed by atoms with van der Waals surface area (Å²) in [6.45, 7) is 0. The van der Waals surface area contributed by atoms with Crippen molar-refractivity contribution in [3.8, 4) is 122 Å². The Bertz CT molecular complexity index is 9950. The van der Waals surface area contributed by atoms with Crippen LogP contribution in [0.25, 0.3) is 186 Å². The molecule has 8 aliphatic rings. The summed E-state index contributed by atoms with van der Waals surface area (Å²) in [6, 6.07) is 184. The normalized spacial score (nSPS) is 16.7. The van der Waals surface area contributed by atoms with E-state index in [4.69, 9.17) is 23.2 Å². The van der Waals surface area contributed by atoms with Gasteiger partial charge in [-0.25, -0.2) is 0 Å². The Hall–Kier alpha value is -15.9. The van der Waals surface area contributed by atoms with Crippen molar-refractivity contribution >= 4 is 130 Å². The highest BCUT2D eigenvalue weighted by Crippen LogP contribution is 2.70. The van der Waals surface area contributed by atoms with E-state index in [0.29, 0.717) is 0 Å². The maximum Gasteiger partial charge on any atom is 0.0740 e. The molecule has 25 aromatic rings. The number of hydrogen-bond acceptors (Lipinski definition) is 1. The fraction of sp³-hybridized carbons (Fsp3) is 0.0286. The average molecular weight is 2030 g/mol. The smallest absolute Gasteiger partial charge is 0.0740 e. The minimum Gasteiger partial charge on any atom is -0.135 e. The summed E-state index contributed by atoms with van der Waals surface area (Å²) in [4.78, 5) is 0. The summed E-state index contributed by atoms with van der Waals surface area (Å²) in [5.41, 5.74) is 48.7. The van der Waals surface area contributed by atoms with Crippen LogP contribution in [-0.2, 0) is 21.7 Å². The van der Waals surface area contributed by atoms with Gasteiger partial charge in [-0.05, 0) is 376 Å². The quantitative estimate of drug-likeness (QED) is 0.165. The molecule has 4 unspecified atom stereocenters. The van der Waals surface area contributed by atoms with E-state index < -0.39 is 0 Å². The first kappa shape index (κ1) is 84.7. The second kappa shape index (κ2) is 32.3. The minimum absolute atomic E-state index is 0.327. The van der Waals surface area contributed by atoms with Gasteiger partial charge in [0.25, 0.3) is 0 Å². The van der Waals surface area contributed by atoms with Gasteiger partial charge in [0.05, 0.1) is 21.7 Å². The Kier molecular flexibility index (Phi) is 18.9. The molecular formula is C140H82Br2Cl2S. The number of thiophene rings is 1. The van der Waals surface area contributed by atoms with Gasteiger partial charge < -0.3 is 0 Å². The lowest BCUT2D eigenvalue weighted by atomic mass is 9.70. The number of benzene rings is 24. The molecule has 676 valence electrons. The van der Waals surface area contributed by atoms with Crippen LogP contribution in [0.4, 0.5) is 0 Å². The molecule has 1 heterocycles. The summed E-state index contributed by atoms with van der Waals surface area (Å²) in [7, 11) is 0. The lowest BCUT2D eigenvalue weighted by Crippen LogP contribution is -2.26. The summed E-state index contributed by atoms with van der Waals surface area (Å²) >= 11 is 22.7. The molecule has 4 spiro atoms. The van der Waals surface area contributed by atoms with Crippen molar-refractivity contribution in [1.29, 1.82) is 0 Å². The van der Waals surface area contributed by atoms with Crippen LogP contribution in [0, 0.1) is 0 Å². The summed E-state index contributed by atoms with van der Waals surface area (Å²) in [6.07, 6.45) is 0. The van der Waals surface area contributed by atoms with Crippen molar-refractivity contribution in [3.63, 3.8) is 0 Å². The average Bonchev–Trinajstić information content (AvgIpc) is 1.52. The van der Waals surface area contributed by atoms with Crippen LogP contribution >= 0.6 is 66.4 Å².